The van der Waals surface area contributed by atoms with Crippen LogP contribution in [0, 0.1) is 18.3 Å². The van der Waals surface area contributed by atoms with E-state index in [1.165, 1.54) is 10.9 Å². The van der Waals surface area contributed by atoms with E-state index >= 15 is 0 Å². The molecule has 0 aliphatic rings. The Labute approximate surface area is 127 Å². The van der Waals surface area contributed by atoms with E-state index in [2.05, 4.69) is 48.3 Å². The average molecular weight is 281 g/mol. The summed E-state index contributed by atoms with van der Waals surface area (Å²) in [7, 11) is 1.98. The molecule has 0 fully saturated rings. The second kappa shape index (κ2) is 7.10. The Morgan fingerprint density at radius 3 is 2.67 bits per heavy atom. The maximum atomic E-state index is 5.41. The van der Waals surface area contributed by atoms with E-state index in [1.807, 2.05) is 24.2 Å². The molecule has 1 heterocycles. The molecule has 21 heavy (non-hydrogen) atoms. The Hall–Kier alpha value is -2.05. The number of nitrogens with zero attached hydrogens (tertiary/aromatic N) is 2. The van der Waals surface area contributed by atoms with Crippen LogP contribution in [0.5, 0.6) is 0 Å². The van der Waals surface area contributed by atoms with E-state index < -0.39 is 0 Å². The zero-order valence-electron chi connectivity index (χ0n) is 13.1. The number of rotatable bonds is 6. The molecule has 0 unspecified atom stereocenters. The van der Waals surface area contributed by atoms with Crippen molar-refractivity contribution in [2.75, 3.05) is 25.0 Å². The summed E-state index contributed by atoms with van der Waals surface area (Å²) in [5.74, 6) is 4.25. The highest BCUT2D eigenvalue weighted by Gasteiger charge is 2.10. The molecule has 0 saturated heterocycles. The standard InChI is InChI=1S/C18H23N3/c1-5-10-21(4)18-17-9-7-6-8-16(17)15(13-20-18)12-19-11-14(2)3/h1,6-9,13-14,19H,10-12H2,2-4H3. The number of anilines is 1. The Balaban J connectivity index is 2.33. The smallest absolute Gasteiger partial charge is 0.136 e. The molecule has 3 heteroatoms. The highest BCUT2D eigenvalue weighted by atomic mass is 15.2. The zero-order chi connectivity index (χ0) is 15.2. The average Bonchev–Trinajstić information content (AvgIpc) is 2.47. The summed E-state index contributed by atoms with van der Waals surface area (Å²) in [5, 5.41) is 5.87. The first-order chi connectivity index (χ1) is 10.1. The van der Waals surface area contributed by atoms with Crippen molar-refractivity contribution >= 4 is 16.6 Å². The molecular formula is C18H23N3. The molecule has 0 amide bonds. The fourth-order valence-electron chi connectivity index (χ4n) is 2.39. The summed E-state index contributed by atoms with van der Waals surface area (Å²) in [6.45, 7) is 6.82. The van der Waals surface area contributed by atoms with Crippen molar-refractivity contribution in [2.24, 2.45) is 5.92 Å². The Morgan fingerprint density at radius 1 is 1.29 bits per heavy atom. The van der Waals surface area contributed by atoms with Gasteiger partial charge in [-0.05, 0) is 23.4 Å². The zero-order valence-corrected chi connectivity index (χ0v) is 13.1. The first-order valence-corrected chi connectivity index (χ1v) is 7.35. The molecule has 0 atom stereocenters. The third-order valence-corrected chi connectivity index (χ3v) is 3.41. The van der Waals surface area contributed by atoms with Gasteiger partial charge in [-0.1, -0.05) is 44.0 Å². The predicted octanol–water partition coefficient (Wildman–Crippen LogP) is 3.05. The second-order valence-electron chi connectivity index (χ2n) is 5.74. The topological polar surface area (TPSA) is 28.2 Å². The molecule has 2 rings (SSSR count). The van der Waals surface area contributed by atoms with Gasteiger partial charge < -0.3 is 10.2 Å². The molecule has 0 spiro atoms. The van der Waals surface area contributed by atoms with Crippen LogP contribution in [-0.4, -0.2) is 25.1 Å². The minimum Gasteiger partial charge on any atom is -0.348 e. The minimum absolute atomic E-state index is 0.557. The lowest BCUT2D eigenvalue weighted by Gasteiger charge is -2.19. The summed E-state index contributed by atoms with van der Waals surface area (Å²) in [4.78, 5) is 6.62. The van der Waals surface area contributed by atoms with Crippen molar-refractivity contribution in [2.45, 2.75) is 20.4 Å². The summed E-state index contributed by atoms with van der Waals surface area (Å²) < 4.78 is 0. The van der Waals surface area contributed by atoms with Gasteiger partial charge >= 0.3 is 0 Å². The van der Waals surface area contributed by atoms with Crippen LogP contribution in [0.3, 0.4) is 0 Å². The maximum absolute atomic E-state index is 5.41. The number of hydrogen-bond acceptors (Lipinski definition) is 3. The number of nitrogens with one attached hydrogen (secondary N) is 1. The van der Waals surface area contributed by atoms with Gasteiger partial charge in [0.15, 0.2) is 0 Å². The molecule has 0 bridgehead atoms. The van der Waals surface area contributed by atoms with E-state index in [0.29, 0.717) is 12.5 Å². The molecule has 2 aromatic rings. The molecule has 0 aliphatic carbocycles. The molecule has 0 aliphatic heterocycles. The van der Waals surface area contributed by atoms with Gasteiger partial charge in [-0.15, -0.1) is 6.42 Å². The van der Waals surface area contributed by atoms with Crippen LogP contribution < -0.4 is 10.2 Å². The molecule has 3 nitrogen and oxygen atoms in total. The number of pyridine rings is 1. The molecule has 0 radical (unpaired) electrons. The predicted molar refractivity (Wildman–Crippen MR) is 90.4 cm³/mol. The minimum atomic E-state index is 0.557. The SMILES string of the molecule is C#CCN(C)c1ncc(CNCC(C)C)c2ccccc12. The summed E-state index contributed by atoms with van der Waals surface area (Å²) in [6.07, 6.45) is 7.36. The highest BCUT2D eigenvalue weighted by Crippen LogP contribution is 2.26. The van der Waals surface area contributed by atoms with Crippen LogP contribution in [0.15, 0.2) is 30.5 Å². The van der Waals surface area contributed by atoms with Crippen LogP contribution in [-0.2, 0) is 6.54 Å². The molecule has 110 valence electrons. The van der Waals surface area contributed by atoms with Gasteiger partial charge in [-0.2, -0.15) is 0 Å². The van der Waals surface area contributed by atoms with E-state index in [0.717, 1.165) is 24.3 Å². The monoisotopic (exact) mass is 281 g/mol. The molecular weight excluding hydrogens is 258 g/mol. The van der Waals surface area contributed by atoms with Crippen LogP contribution in [0.1, 0.15) is 19.4 Å². The maximum Gasteiger partial charge on any atom is 0.136 e. The van der Waals surface area contributed by atoms with Gasteiger partial charge in [0.1, 0.15) is 5.82 Å². The summed E-state index contributed by atoms with van der Waals surface area (Å²) in [5.41, 5.74) is 1.23. The first-order valence-electron chi connectivity index (χ1n) is 7.35. The van der Waals surface area contributed by atoms with Gasteiger partial charge in [0.25, 0.3) is 0 Å². The quantitative estimate of drug-likeness (QED) is 0.825. The number of aromatic nitrogens is 1. The second-order valence-corrected chi connectivity index (χ2v) is 5.74. The summed E-state index contributed by atoms with van der Waals surface area (Å²) >= 11 is 0. The lowest BCUT2D eigenvalue weighted by molar-refractivity contribution is 0.553. The van der Waals surface area contributed by atoms with E-state index in [4.69, 9.17) is 6.42 Å². The molecule has 1 aromatic heterocycles. The fraction of sp³-hybridized carbons (Fsp3) is 0.389. The molecule has 0 saturated carbocycles. The van der Waals surface area contributed by atoms with Crippen molar-refractivity contribution in [3.8, 4) is 12.3 Å². The number of benzene rings is 1. The van der Waals surface area contributed by atoms with Gasteiger partial charge in [0, 0.05) is 25.2 Å². The lowest BCUT2D eigenvalue weighted by atomic mass is 10.1. The van der Waals surface area contributed by atoms with E-state index in [-0.39, 0.29) is 0 Å². The first kappa shape index (κ1) is 15.3. The van der Waals surface area contributed by atoms with Crippen LogP contribution in [0.25, 0.3) is 10.8 Å². The van der Waals surface area contributed by atoms with Crippen LogP contribution in [0.4, 0.5) is 5.82 Å². The van der Waals surface area contributed by atoms with E-state index in [1.54, 1.807) is 0 Å². The van der Waals surface area contributed by atoms with Gasteiger partial charge in [-0.3, -0.25) is 0 Å². The number of terminal acetylenes is 1. The fourth-order valence-corrected chi connectivity index (χ4v) is 2.39. The normalized spacial score (nSPS) is 10.8. The van der Waals surface area contributed by atoms with Crippen molar-refractivity contribution < 1.29 is 0 Å². The van der Waals surface area contributed by atoms with Crippen LogP contribution >= 0.6 is 0 Å². The largest absolute Gasteiger partial charge is 0.348 e. The lowest BCUT2D eigenvalue weighted by Crippen LogP contribution is -2.21. The number of hydrogen-bond donors (Lipinski definition) is 1. The molecule has 1 aromatic carbocycles. The van der Waals surface area contributed by atoms with Gasteiger partial charge in [0.2, 0.25) is 0 Å². The van der Waals surface area contributed by atoms with E-state index in [9.17, 15) is 0 Å². The third-order valence-electron chi connectivity index (χ3n) is 3.41. The third kappa shape index (κ3) is 3.74. The summed E-state index contributed by atoms with van der Waals surface area (Å²) in [6, 6.07) is 8.37. The Kier molecular flexibility index (Phi) is 5.19. The van der Waals surface area contributed by atoms with Crippen molar-refractivity contribution in [1.82, 2.24) is 10.3 Å². The van der Waals surface area contributed by atoms with Gasteiger partial charge in [0.05, 0.1) is 6.54 Å². The highest BCUT2D eigenvalue weighted by molar-refractivity contribution is 5.94. The van der Waals surface area contributed by atoms with Crippen molar-refractivity contribution in [3.05, 3.63) is 36.0 Å². The van der Waals surface area contributed by atoms with Crippen molar-refractivity contribution in [1.29, 1.82) is 0 Å². The number of fused-ring (bicyclic) bond motifs is 1. The van der Waals surface area contributed by atoms with Gasteiger partial charge in [-0.25, -0.2) is 4.98 Å². The van der Waals surface area contributed by atoms with Crippen LogP contribution in [0.2, 0.25) is 0 Å². The Bertz CT molecular complexity index is 640. The Morgan fingerprint density at radius 2 is 2.00 bits per heavy atom. The van der Waals surface area contributed by atoms with Crippen molar-refractivity contribution in [3.63, 3.8) is 0 Å². The molecule has 1 N–H and O–H groups in total.